The molecule has 142 valence electrons. The van der Waals surface area contributed by atoms with Gasteiger partial charge in [-0.25, -0.2) is 0 Å². The highest BCUT2D eigenvalue weighted by Crippen LogP contribution is 2.31. The number of hydrogen-bond donors (Lipinski definition) is 1. The van der Waals surface area contributed by atoms with Crippen molar-refractivity contribution in [1.29, 1.82) is 0 Å². The van der Waals surface area contributed by atoms with E-state index >= 15 is 0 Å². The van der Waals surface area contributed by atoms with Crippen LogP contribution in [0.25, 0.3) is 0 Å². The van der Waals surface area contributed by atoms with E-state index in [0.717, 1.165) is 22.9 Å². The second kappa shape index (κ2) is 8.26. The first-order chi connectivity index (χ1) is 12.9. The molecule has 0 radical (unpaired) electrons. The maximum atomic E-state index is 12.9. The van der Waals surface area contributed by atoms with Crippen molar-refractivity contribution in [2.24, 2.45) is 5.41 Å². The van der Waals surface area contributed by atoms with Gasteiger partial charge in [0.2, 0.25) is 5.91 Å². The maximum absolute atomic E-state index is 12.9. The van der Waals surface area contributed by atoms with Crippen LogP contribution in [0.4, 0.5) is 0 Å². The minimum Gasteiger partial charge on any atom is -0.351 e. The lowest BCUT2D eigenvalue weighted by Crippen LogP contribution is -2.51. The fourth-order valence-electron chi connectivity index (χ4n) is 3.47. The summed E-state index contributed by atoms with van der Waals surface area (Å²) in [5, 5.41) is 3.05. The fourth-order valence-corrected chi connectivity index (χ4v) is 3.74. The summed E-state index contributed by atoms with van der Waals surface area (Å²) >= 11 is 3.39. The summed E-state index contributed by atoms with van der Waals surface area (Å²) in [6, 6.07) is 15.5. The molecule has 1 heterocycles. The first-order valence-electron chi connectivity index (χ1n) is 9.26. The summed E-state index contributed by atoms with van der Waals surface area (Å²) in [5.74, 6) is -0.00357. The Balaban J connectivity index is 1.64. The Morgan fingerprint density at radius 1 is 1.11 bits per heavy atom. The zero-order chi connectivity index (χ0) is 19.4. The molecule has 1 atom stereocenters. The molecule has 2 amide bonds. The summed E-state index contributed by atoms with van der Waals surface area (Å²) in [4.78, 5) is 27.5. The topological polar surface area (TPSA) is 49.4 Å². The standard InChI is InChI=1S/C22H25BrN2O2/c1-16-4-6-17(7-5-16)14-24-21(27)22(2)12-3-13-25(15-22)20(26)18-8-10-19(23)11-9-18/h4-11H,3,12-15H2,1-2H3,(H,24,27)/t22-/m1/s1. The predicted octanol–water partition coefficient (Wildman–Crippen LogP) is 4.32. The lowest BCUT2D eigenvalue weighted by Gasteiger charge is -2.39. The second-order valence-corrected chi connectivity index (χ2v) is 8.48. The van der Waals surface area contributed by atoms with Crippen LogP contribution in [0.1, 0.15) is 41.3 Å². The van der Waals surface area contributed by atoms with Crippen molar-refractivity contribution in [2.45, 2.75) is 33.2 Å². The summed E-state index contributed by atoms with van der Waals surface area (Å²) in [7, 11) is 0. The van der Waals surface area contributed by atoms with Gasteiger partial charge in [-0.05, 0) is 56.5 Å². The van der Waals surface area contributed by atoms with Gasteiger partial charge in [0.15, 0.2) is 0 Å². The van der Waals surface area contributed by atoms with E-state index in [1.54, 1.807) is 4.90 Å². The largest absolute Gasteiger partial charge is 0.351 e. The number of rotatable bonds is 4. The van der Waals surface area contributed by atoms with Gasteiger partial charge in [-0.3, -0.25) is 9.59 Å². The molecular formula is C22H25BrN2O2. The van der Waals surface area contributed by atoms with Crippen LogP contribution in [0.15, 0.2) is 53.0 Å². The molecule has 3 rings (SSSR count). The minimum absolute atomic E-state index is 0.0105. The Kier molecular flexibility index (Phi) is 6.00. The van der Waals surface area contributed by atoms with Gasteiger partial charge in [0.25, 0.3) is 5.91 Å². The van der Waals surface area contributed by atoms with E-state index in [4.69, 9.17) is 0 Å². The number of likely N-dealkylation sites (tertiary alicyclic amines) is 1. The second-order valence-electron chi connectivity index (χ2n) is 7.57. The Bertz CT molecular complexity index is 817. The number of aryl methyl sites for hydroxylation is 1. The predicted molar refractivity (Wildman–Crippen MR) is 110 cm³/mol. The highest BCUT2D eigenvalue weighted by molar-refractivity contribution is 9.10. The molecule has 1 saturated heterocycles. The van der Waals surface area contributed by atoms with Crippen LogP contribution in [0.2, 0.25) is 0 Å². The zero-order valence-corrected chi connectivity index (χ0v) is 17.4. The molecule has 4 nitrogen and oxygen atoms in total. The van der Waals surface area contributed by atoms with Crippen LogP contribution in [-0.2, 0) is 11.3 Å². The van der Waals surface area contributed by atoms with Gasteiger partial charge in [-0.2, -0.15) is 0 Å². The third-order valence-electron chi connectivity index (χ3n) is 5.20. The van der Waals surface area contributed by atoms with Gasteiger partial charge in [0, 0.05) is 29.7 Å². The summed E-state index contributed by atoms with van der Waals surface area (Å²) in [6.07, 6.45) is 1.62. The average molecular weight is 429 g/mol. The van der Waals surface area contributed by atoms with E-state index < -0.39 is 5.41 Å². The number of nitrogens with one attached hydrogen (secondary N) is 1. The molecule has 0 saturated carbocycles. The van der Waals surface area contributed by atoms with Crippen LogP contribution in [0.3, 0.4) is 0 Å². The first-order valence-corrected chi connectivity index (χ1v) is 10.1. The molecule has 0 aliphatic carbocycles. The van der Waals surface area contributed by atoms with Crippen molar-refractivity contribution in [1.82, 2.24) is 10.2 Å². The van der Waals surface area contributed by atoms with E-state index in [2.05, 4.69) is 21.2 Å². The zero-order valence-electron chi connectivity index (χ0n) is 15.8. The average Bonchev–Trinajstić information content (AvgIpc) is 2.67. The van der Waals surface area contributed by atoms with E-state index in [0.29, 0.717) is 25.2 Å². The molecule has 5 heteroatoms. The molecule has 1 aliphatic rings. The molecule has 1 aliphatic heterocycles. The molecule has 0 aromatic heterocycles. The van der Waals surface area contributed by atoms with Gasteiger partial charge >= 0.3 is 0 Å². The van der Waals surface area contributed by atoms with E-state index in [1.807, 2.05) is 62.4 Å². The Hall–Kier alpha value is -2.14. The van der Waals surface area contributed by atoms with Gasteiger partial charge in [0.1, 0.15) is 0 Å². The van der Waals surface area contributed by atoms with E-state index in [9.17, 15) is 9.59 Å². The van der Waals surface area contributed by atoms with Crippen molar-refractivity contribution in [3.63, 3.8) is 0 Å². The number of carbonyl (C=O) groups excluding carboxylic acids is 2. The minimum atomic E-state index is -0.562. The molecular weight excluding hydrogens is 404 g/mol. The van der Waals surface area contributed by atoms with Crippen molar-refractivity contribution in [3.8, 4) is 0 Å². The number of nitrogens with zero attached hydrogens (tertiary/aromatic N) is 1. The van der Waals surface area contributed by atoms with E-state index in [1.165, 1.54) is 5.56 Å². The Morgan fingerprint density at radius 2 is 1.78 bits per heavy atom. The molecule has 0 spiro atoms. The SMILES string of the molecule is Cc1ccc(CNC(=O)[C@]2(C)CCCN(C(=O)c3ccc(Br)cc3)C2)cc1. The summed E-state index contributed by atoms with van der Waals surface area (Å²) < 4.78 is 0.943. The van der Waals surface area contributed by atoms with E-state index in [-0.39, 0.29) is 11.8 Å². The van der Waals surface area contributed by atoms with Gasteiger partial charge in [-0.1, -0.05) is 45.8 Å². The van der Waals surface area contributed by atoms with Crippen LogP contribution in [0, 0.1) is 12.3 Å². The Labute approximate surface area is 169 Å². The summed E-state index contributed by atoms with van der Waals surface area (Å²) in [5.41, 5.74) is 2.37. The number of piperidine rings is 1. The Morgan fingerprint density at radius 3 is 2.44 bits per heavy atom. The van der Waals surface area contributed by atoms with Gasteiger partial charge < -0.3 is 10.2 Å². The molecule has 1 N–H and O–H groups in total. The molecule has 1 fully saturated rings. The highest BCUT2D eigenvalue weighted by atomic mass is 79.9. The van der Waals surface area contributed by atoms with Crippen molar-refractivity contribution in [2.75, 3.05) is 13.1 Å². The maximum Gasteiger partial charge on any atom is 0.253 e. The lowest BCUT2D eigenvalue weighted by molar-refractivity contribution is -0.132. The third-order valence-corrected chi connectivity index (χ3v) is 5.73. The smallest absolute Gasteiger partial charge is 0.253 e. The number of hydrogen-bond acceptors (Lipinski definition) is 2. The van der Waals surface area contributed by atoms with Crippen molar-refractivity contribution in [3.05, 3.63) is 69.7 Å². The van der Waals surface area contributed by atoms with Crippen LogP contribution in [-0.4, -0.2) is 29.8 Å². The van der Waals surface area contributed by atoms with Crippen LogP contribution in [0.5, 0.6) is 0 Å². The lowest BCUT2D eigenvalue weighted by atomic mass is 9.80. The highest BCUT2D eigenvalue weighted by Gasteiger charge is 2.39. The van der Waals surface area contributed by atoms with Gasteiger partial charge in [-0.15, -0.1) is 0 Å². The number of carbonyl (C=O) groups is 2. The van der Waals surface area contributed by atoms with Crippen LogP contribution < -0.4 is 5.32 Å². The molecule has 0 bridgehead atoms. The molecule has 0 unspecified atom stereocenters. The van der Waals surface area contributed by atoms with Gasteiger partial charge in [0.05, 0.1) is 5.41 Å². The van der Waals surface area contributed by atoms with Crippen LogP contribution >= 0.6 is 15.9 Å². The quantitative estimate of drug-likeness (QED) is 0.787. The number of amides is 2. The number of benzene rings is 2. The monoisotopic (exact) mass is 428 g/mol. The van der Waals surface area contributed by atoms with Crippen molar-refractivity contribution < 1.29 is 9.59 Å². The fraction of sp³-hybridized carbons (Fsp3) is 0.364. The number of halogens is 1. The first kappa shape index (κ1) is 19.6. The molecule has 27 heavy (non-hydrogen) atoms. The molecule has 2 aromatic rings. The molecule has 2 aromatic carbocycles. The third kappa shape index (κ3) is 4.78. The normalized spacial score (nSPS) is 19.6. The summed E-state index contributed by atoms with van der Waals surface area (Å²) in [6.45, 7) is 5.65. The van der Waals surface area contributed by atoms with Crippen molar-refractivity contribution >= 4 is 27.7 Å².